The minimum absolute atomic E-state index is 3.08. The van der Waals surface area contributed by atoms with Crippen molar-refractivity contribution < 1.29 is 89.1 Å². The van der Waals surface area contributed by atoms with Crippen molar-refractivity contribution in [2.24, 2.45) is 22.2 Å². The Morgan fingerprint density at radius 3 is 0.806 bits per heavy atom. The molecule has 0 heterocycles. The molecule has 0 aliphatic rings. The summed E-state index contributed by atoms with van der Waals surface area (Å²) < 4.78 is 0. The van der Waals surface area contributed by atoms with Crippen LogP contribution in [0.5, 0.6) is 0 Å². The molecular formula is C13H10O18. The predicted octanol–water partition coefficient (Wildman–Crippen LogP) is -3.68. The maximum absolute atomic E-state index is 11.9. The van der Waals surface area contributed by atoms with Crippen LogP contribution in [-0.4, -0.2) is 99.7 Å². The van der Waals surface area contributed by atoms with E-state index < -0.39 is 75.9 Å². The summed E-state index contributed by atoms with van der Waals surface area (Å²) in [7, 11) is 0. The van der Waals surface area contributed by atoms with Crippen molar-refractivity contribution >= 4 is 53.7 Å². The fraction of sp³-hybridized carbons (Fsp3) is 0.308. The highest BCUT2D eigenvalue weighted by Gasteiger charge is 2.90. The fourth-order valence-corrected chi connectivity index (χ4v) is 3.15. The number of hydrogen-bond acceptors (Lipinski definition) is 9. The summed E-state index contributed by atoms with van der Waals surface area (Å²) in [6.45, 7) is 0. The molecule has 31 heavy (non-hydrogen) atoms. The lowest BCUT2D eigenvalue weighted by Gasteiger charge is -2.45. The van der Waals surface area contributed by atoms with Crippen LogP contribution in [0.1, 0.15) is 0 Å². The van der Waals surface area contributed by atoms with Gasteiger partial charge in [0, 0.05) is 0 Å². The van der Waals surface area contributed by atoms with Crippen LogP contribution in [0, 0.1) is 22.2 Å². The lowest BCUT2D eigenvalue weighted by atomic mass is 9.46. The first kappa shape index (κ1) is 26.2. The van der Waals surface area contributed by atoms with Crippen molar-refractivity contribution in [1.29, 1.82) is 0 Å². The highest BCUT2D eigenvalue weighted by molar-refractivity contribution is 6.30. The molecule has 0 bridgehead atoms. The van der Waals surface area contributed by atoms with Crippen LogP contribution in [-0.2, 0) is 43.2 Å². The quantitative estimate of drug-likeness (QED) is 0.128. The summed E-state index contributed by atoms with van der Waals surface area (Å²) in [5.74, 6) is -35.0. The van der Waals surface area contributed by atoms with E-state index in [1.165, 1.54) is 0 Å². The molecule has 0 fully saturated rings. The molecule has 0 atom stereocenters. The Morgan fingerprint density at radius 2 is 0.677 bits per heavy atom. The molecule has 0 aliphatic heterocycles. The molecule has 0 amide bonds. The van der Waals surface area contributed by atoms with Crippen molar-refractivity contribution in [2.45, 2.75) is 0 Å². The van der Waals surface area contributed by atoms with E-state index in [-0.39, 0.29) is 0 Å². The molecule has 170 valence electrons. The van der Waals surface area contributed by atoms with E-state index >= 15 is 0 Å². The number of rotatable bonds is 12. The second kappa shape index (κ2) is 7.93. The Bertz CT molecular complexity index is 845. The topological polar surface area (TPSA) is 336 Å². The molecule has 0 radical (unpaired) electrons. The molecule has 0 aromatic carbocycles. The van der Waals surface area contributed by atoms with E-state index in [4.69, 9.17) is 10.2 Å². The summed E-state index contributed by atoms with van der Waals surface area (Å²) in [5.41, 5.74) is -16.6. The summed E-state index contributed by atoms with van der Waals surface area (Å²) >= 11 is 0. The van der Waals surface area contributed by atoms with Gasteiger partial charge in [0.2, 0.25) is 10.8 Å². The Labute approximate surface area is 166 Å². The number of aliphatic carboxylic acids is 9. The van der Waals surface area contributed by atoms with Gasteiger partial charge in [-0.2, -0.15) is 0 Å². The maximum atomic E-state index is 11.9. The zero-order chi connectivity index (χ0) is 25.3. The molecule has 0 saturated carbocycles. The molecule has 0 aliphatic carbocycles. The van der Waals surface area contributed by atoms with Crippen molar-refractivity contribution in [1.82, 2.24) is 0 Å². The molecule has 0 aromatic rings. The summed E-state index contributed by atoms with van der Waals surface area (Å²) in [6.07, 6.45) is 0. The van der Waals surface area contributed by atoms with Crippen LogP contribution in [0.4, 0.5) is 0 Å². The smallest absolute Gasteiger partial charge is 0.334 e. The van der Waals surface area contributed by atoms with E-state index in [2.05, 4.69) is 0 Å². The number of carboxylic acids is 9. The number of carboxylic acid groups (broad SMARTS) is 9. The van der Waals surface area contributed by atoms with Crippen molar-refractivity contribution in [3.63, 3.8) is 0 Å². The Kier molecular flexibility index (Phi) is 6.71. The van der Waals surface area contributed by atoms with E-state index in [0.29, 0.717) is 0 Å². The molecule has 0 aromatic heterocycles. The average Bonchev–Trinajstić information content (AvgIpc) is 2.53. The third kappa shape index (κ3) is 2.84. The van der Waals surface area contributed by atoms with Crippen molar-refractivity contribution in [3.8, 4) is 0 Å². The lowest BCUT2D eigenvalue weighted by Crippen LogP contribution is -2.77. The van der Waals surface area contributed by atoms with Gasteiger partial charge in [-0.1, -0.05) is 0 Å². The van der Waals surface area contributed by atoms with Gasteiger partial charge in [0.05, 0.1) is 0 Å². The van der Waals surface area contributed by atoms with E-state index in [1.807, 2.05) is 0 Å². The Morgan fingerprint density at radius 1 is 0.419 bits per heavy atom. The first-order valence-electron chi connectivity index (χ1n) is 6.97. The largest absolute Gasteiger partial charge is 0.481 e. The number of carbonyl (C=O) groups is 9. The Hall–Kier alpha value is -4.77. The third-order valence-corrected chi connectivity index (χ3v) is 4.36. The van der Waals surface area contributed by atoms with Gasteiger partial charge < -0.3 is 46.0 Å². The van der Waals surface area contributed by atoms with Gasteiger partial charge in [-0.25, -0.2) is 0 Å². The van der Waals surface area contributed by atoms with Gasteiger partial charge in [-0.05, 0) is 0 Å². The van der Waals surface area contributed by atoms with Crippen LogP contribution >= 0.6 is 0 Å². The standard InChI is InChI=1S/C13H10O18/c14-2(15)1(3(16)17)11(4(18)19,5(20)21)13(9(28)29,10(30)31)12(6(22)23,7(24)25)8(26)27/h1H,(H,14,15)(H,16,17)(H,18,19)(H,20,21)(H,22,23)(H,24,25)(H,26,27)(H,28,29)(H,30,31). The first-order valence-corrected chi connectivity index (χ1v) is 6.97. The highest BCUT2D eigenvalue weighted by atomic mass is 16.4. The van der Waals surface area contributed by atoms with Crippen LogP contribution in [0.2, 0.25) is 0 Å². The zero-order valence-electron chi connectivity index (χ0n) is 14.3. The predicted molar refractivity (Wildman–Crippen MR) is 79.5 cm³/mol. The van der Waals surface area contributed by atoms with Gasteiger partial charge in [-0.15, -0.1) is 0 Å². The molecule has 0 saturated heterocycles. The normalized spacial score (nSPS) is 11.9. The highest BCUT2D eigenvalue weighted by Crippen LogP contribution is 2.58. The molecule has 0 unspecified atom stereocenters. The molecule has 9 N–H and O–H groups in total. The van der Waals surface area contributed by atoms with Crippen LogP contribution < -0.4 is 0 Å². The van der Waals surface area contributed by atoms with Crippen molar-refractivity contribution in [3.05, 3.63) is 0 Å². The van der Waals surface area contributed by atoms with Gasteiger partial charge in [0.25, 0.3) is 5.41 Å². The third-order valence-electron chi connectivity index (χ3n) is 4.36. The van der Waals surface area contributed by atoms with Gasteiger partial charge in [0.15, 0.2) is 5.92 Å². The lowest BCUT2D eigenvalue weighted by molar-refractivity contribution is -0.228. The van der Waals surface area contributed by atoms with Crippen molar-refractivity contribution in [2.75, 3.05) is 0 Å². The number of hydrogen-bond donors (Lipinski definition) is 9. The monoisotopic (exact) mass is 454 g/mol. The molecule has 18 nitrogen and oxygen atoms in total. The van der Waals surface area contributed by atoms with Crippen LogP contribution in [0.15, 0.2) is 0 Å². The second-order valence-corrected chi connectivity index (χ2v) is 5.55. The molecule has 0 rings (SSSR count). The van der Waals surface area contributed by atoms with E-state index in [0.717, 1.165) is 0 Å². The van der Waals surface area contributed by atoms with Gasteiger partial charge in [-0.3, -0.25) is 43.2 Å². The Balaban J connectivity index is 8.82. The average molecular weight is 454 g/mol. The first-order chi connectivity index (χ1) is 13.9. The summed E-state index contributed by atoms with van der Waals surface area (Å²) in [6, 6.07) is 0. The molecular weight excluding hydrogens is 444 g/mol. The minimum Gasteiger partial charge on any atom is -0.481 e. The summed E-state index contributed by atoms with van der Waals surface area (Å²) in [4.78, 5) is 105. The second-order valence-electron chi connectivity index (χ2n) is 5.55. The van der Waals surface area contributed by atoms with Gasteiger partial charge in [0.1, 0.15) is 0 Å². The fourth-order valence-electron chi connectivity index (χ4n) is 3.15. The van der Waals surface area contributed by atoms with Crippen LogP contribution in [0.3, 0.4) is 0 Å². The summed E-state index contributed by atoms with van der Waals surface area (Å²) in [5, 5.41) is 83.4. The maximum Gasteiger partial charge on any atom is 0.334 e. The zero-order valence-corrected chi connectivity index (χ0v) is 14.3. The molecule has 0 spiro atoms. The minimum atomic E-state index is -5.71. The van der Waals surface area contributed by atoms with E-state index in [9.17, 15) is 78.9 Å². The van der Waals surface area contributed by atoms with E-state index in [1.54, 1.807) is 0 Å². The van der Waals surface area contributed by atoms with Crippen LogP contribution in [0.25, 0.3) is 0 Å². The van der Waals surface area contributed by atoms with Gasteiger partial charge >= 0.3 is 53.7 Å². The SMILES string of the molecule is O=C(O)C(C(=O)O)C(C(=O)O)(C(=O)O)C(C(=O)O)(C(=O)O)C(C(=O)O)(C(=O)O)C(=O)O. The molecule has 18 heteroatoms.